The Kier molecular flexibility index (Phi) is 3.43. The summed E-state index contributed by atoms with van der Waals surface area (Å²) in [5.41, 5.74) is 7.82. The van der Waals surface area contributed by atoms with E-state index in [2.05, 4.69) is 11.1 Å². The van der Waals surface area contributed by atoms with Gasteiger partial charge in [0.2, 0.25) is 10.0 Å². The van der Waals surface area contributed by atoms with Crippen molar-refractivity contribution >= 4 is 15.8 Å². The monoisotopic (exact) mass is 303 g/mol. The molecular weight excluding hydrogens is 286 g/mol. The first-order valence-electron chi connectivity index (χ1n) is 6.77. The normalized spacial score (nSPS) is 17.9. The zero-order valence-corrected chi connectivity index (χ0v) is 12.5. The molecule has 5 nitrogen and oxygen atoms in total. The van der Waals surface area contributed by atoms with Crippen molar-refractivity contribution in [2.45, 2.75) is 23.8 Å². The third-order valence-corrected chi connectivity index (χ3v) is 5.83. The molecule has 1 aromatic carbocycles. The minimum atomic E-state index is -3.57. The molecule has 0 saturated carbocycles. The number of nitrogens with two attached hydrogens (primary N) is 1. The van der Waals surface area contributed by atoms with E-state index in [4.69, 9.17) is 5.73 Å². The van der Waals surface area contributed by atoms with Gasteiger partial charge >= 0.3 is 0 Å². The van der Waals surface area contributed by atoms with Crippen LogP contribution in [-0.4, -0.2) is 24.8 Å². The molecule has 1 unspecified atom stereocenters. The van der Waals surface area contributed by atoms with Gasteiger partial charge in [-0.15, -0.1) is 0 Å². The highest BCUT2D eigenvalue weighted by Gasteiger charge is 2.33. The van der Waals surface area contributed by atoms with Gasteiger partial charge in [-0.2, -0.15) is 4.31 Å². The van der Waals surface area contributed by atoms with Crippen molar-refractivity contribution in [1.29, 1.82) is 0 Å². The Morgan fingerprint density at radius 3 is 2.71 bits per heavy atom. The van der Waals surface area contributed by atoms with Crippen LogP contribution in [0.2, 0.25) is 0 Å². The first kappa shape index (κ1) is 14.0. The summed E-state index contributed by atoms with van der Waals surface area (Å²) in [5, 5.41) is 0. The topological polar surface area (TPSA) is 76.3 Å². The number of hydrogen-bond acceptors (Lipinski definition) is 4. The number of nitrogens with zero attached hydrogens (tertiary/aromatic N) is 2. The van der Waals surface area contributed by atoms with Crippen LogP contribution in [0.1, 0.15) is 23.6 Å². The molecule has 21 heavy (non-hydrogen) atoms. The molecule has 3 rings (SSSR count). The van der Waals surface area contributed by atoms with Crippen LogP contribution in [0.15, 0.2) is 47.5 Å². The molecule has 0 radical (unpaired) electrons. The second kappa shape index (κ2) is 5.13. The van der Waals surface area contributed by atoms with Crippen LogP contribution in [0, 0.1) is 0 Å². The summed E-state index contributed by atoms with van der Waals surface area (Å²) < 4.78 is 26.8. The molecule has 1 aliphatic rings. The van der Waals surface area contributed by atoms with E-state index in [-0.39, 0.29) is 10.9 Å². The van der Waals surface area contributed by atoms with Crippen LogP contribution in [0.4, 0.5) is 5.82 Å². The molecule has 2 aromatic rings. The van der Waals surface area contributed by atoms with Crippen molar-refractivity contribution in [2.75, 3.05) is 12.8 Å². The summed E-state index contributed by atoms with van der Waals surface area (Å²) in [6.45, 7) is 0. The van der Waals surface area contributed by atoms with Crippen LogP contribution in [0.25, 0.3) is 0 Å². The fraction of sp³-hybridized carbons (Fsp3) is 0.267. The van der Waals surface area contributed by atoms with Crippen LogP contribution >= 0.6 is 0 Å². The Bertz CT molecular complexity index is 757. The average Bonchev–Trinajstić information content (AvgIpc) is 2.90. The quantitative estimate of drug-likeness (QED) is 0.940. The molecule has 0 aliphatic heterocycles. The second-order valence-electron chi connectivity index (χ2n) is 5.19. The fourth-order valence-corrected chi connectivity index (χ4v) is 4.10. The van der Waals surface area contributed by atoms with E-state index in [9.17, 15) is 8.42 Å². The highest BCUT2D eigenvalue weighted by Crippen LogP contribution is 2.37. The number of benzene rings is 1. The molecule has 0 amide bonds. The van der Waals surface area contributed by atoms with Crippen molar-refractivity contribution in [3.05, 3.63) is 53.7 Å². The lowest BCUT2D eigenvalue weighted by atomic mass is 10.1. The summed E-state index contributed by atoms with van der Waals surface area (Å²) in [7, 11) is -1.94. The van der Waals surface area contributed by atoms with Gasteiger partial charge < -0.3 is 5.73 Å². The first-order chi connectivity index (χ1) is 10.00. The summed E-state index contributed by atoms with van der Waals surface area (Å²) >= 11 is 0. The molecule has 2 N–H and O–H groups in total. The standard InChI is InChI=1S/C15H17N3O2S/c1-18(14-8-6-11-4-2-3-5-13(11)14)21(19,20)12-7-9-15(16)17-10-12/h2-5,7,9-10,14H,6,8H2,1H3,(H2,16,17). The molecule has 0 bridgehead atoms. The highest BCUT2D eigenvalue weighted by molar-refractivity contribution is 7.89. The SMILES string of the molecule is CN(C1CCc2ccccc21)S(=O)(=O)c1ccc(N)nc1. The van der Waals surface area contributed by atoms with Gasteiger partial charge in [-0.3, -0.25) is 0 Å². The van der Waals surface area contributed by atoms with E-state index < -0.39 is 10.0 Å². The van der Waals surface area contributed by atoms with Gasteiger partial charge in [0.05, 0.1) is 6.04 Å². The van der Waals surface area contributed by atoms with Crippen molar-refractivity contribution in [3.8, 4) is 0 Å². The predicted molar refractivity (Wildman–Crippen MR) is 81.1 cm³/mol. The minimum Gasteiger partial charge on any atom is -0.384 e. The third kappa shape index (κ3) is 2.41. The molecule has 1 heterocycles. The van der Waals surface area contributed by atoms with Crippen LogP contribution in [-0.2, 0) is 16.4 Å². The number of pyridine rings is 1. The zero-order valence-electron chi connectivity index (χ0n) is 11.7. The number of hydrogen-bond donors (Lipinski definition) is 1. The molecule has 110 valence electrons. The average molecular weight is 303 g/mol. The molecule has 0 saturated heterocycles. The third-order valence-electron chi connectivity index (χ3n) is 3.98. The number of aryl methyl sites for hydroxylation is 1. The molecule has 1 atom stereocenters. The lowest BCUT2D eigenvalue weighted by Gasteiger charge is -2.24. The van der Waals surface area contributed by atoms with E-state index in [1.165, 1.54) is 28.2 Å². The fourth-order valence-electron chi connectivity index (χ4n) is 2.79. The molecule has 6 heteroatoms. The van der Waals surface area contributed by atoms with Crippen molar-refractivity contribution in [1.82, 2.24) is 9.29 Å². The molecule has 1 aromatic heterocycles. The van der Waals surface area contributed by atoms with E-state index in [0.29, 0.717) is 5.82 Å². The minimum absolute atomic E-state index is 0.122. The van der Waals surface area contributed by atoms with Gasteiger partial charge in [0.1, 0.15) is 10.7 Å². The van der Waals surface area contributed by atoms with Gasteiger partial charge in [0.15, 0.2) is 0 Å². The van der Waals surface area contributed by atoms with Crippen molar-refractivity contribution in [3.63, 3.8) is 0 Å². The Labute approximate surface area is 124 Å². The Morgan fingerprint density at radius 1 is 1.24 bits per heavy atom. The lowest BCUT2D eigenvalue weighted by Crippen LogP contribution is -2.30. The number of fused-ring (bicyclic) bond motifs is 1. The Balaban J connectivity index is 1.95. The summed E-state index contributed by atoms with van der Waals surface area (Å²) in [5.74, 6) is 0.308. The van der Waals surface area contributed by atoms with E-state index >= 15 is 0 Å². The maximum absolute atomic E-state index is 12.7. The smallest absolute Gasteiger partial charge is 0.244 e. The molecular formula is C15H17N3O2S. The van der Waals surface area contributed by atoms with E-state index in [1.54, 1.807) is 7.05 Å². The Morgan fingerprint density at radius 2 is 2.00 bits per heavy atom. The van der Waals surface area contributed by atoms with E-state index in [1.807, 2.05) is 18.2 Å². The maximum Gasteiger partial charge on any atom is 0.244 e. The second-order valence-corrected chi connectivity index (χ2v) is 7.19. The number of aromatic nitrogens is 1. The number of nitrogen functional groups attached to an aromatic ring is 1. The maximum atomic E-state index is 12.7. The summed E-state index contributed by atoms with van der Waals surface area (Å²) in [6, 6.07) is 10.9. The van der Waals surface area contributed by atoms with Crippen LogP contribution in [0.3, 0.4) is 0 Å². The van der Waals surface area contributed by atoms with E-state index in [0.717, 1.165) is 18.4 Å². The summed E-state index contributed by atoms with van der Waals surface area (Å²) in [6.07, 6.45) is 3.01. The number of sulfonamides is 1. The van der Waals surface area contributed by atoms with Crippen LogP contribution < -0.4 is 5.73 Å². The Hall–Kier alpha value is -1.92. The van der Waals surface area contributed by atoms with Gasteiger partial charge in [-0.1, -0.05) is 24.3 Å². The van der Waals surface area contributed by atoms with Gasteiger partial charge in [-0.05, 0) is 36.1 Å². The number of anilines is 1. The van der Waals surface area contributed by atoms with Gasteiger partial charge in [-0.25, -0.2) is 13.4 Å². The van der Waals surface area contributed by atoms with Gasteiger partial charge in [0.25, 0.3) is 0 Å². The first-order valence-corrected chi connectivity index (χ1v) is 8.21. The highest BCUT2D eigenvalue weighted by atomic mass is 32.2. The predicted octanol–water partition coefficient (Wildman–Crippen LogP) is 1.97. The largest absolute Gasteiger partial charge is 0.384 e. The molecule has 0 fully saturated rings. The molecule has 0 spiro atoms. The molecule has 1 aliphatic carbocycles. The lowest BCUT2D eigenvalue weighted by molar-refractivity contribution is 0.374. The zero-order chi connectivity index (χ0) is 15.0. The number of rotatable bonds is 3. The van der Waals surface area contributed by atoms with Crippen LogP contribution in [0.5, 0.6) is 0 Å². The van der Waals surface area contributed by atoms with Crippen molar-refractivity contribution < 1.29 is 8.42 Å². The van der Waals surface area contributed by atoms with Crippen molar-refractivity contribution in [2.24, 2.45) is 0 Å². The summed E-state index contributed by atoms with van der Waals surface area (Å²) in [4.78, 5) is 4.04. The van der Waals surface area contributed by atoms with Gasteiger partial charge in [0, 0.05) is 13.2 Å².